The van der Waals surface area contributed by atoms with Crippen LogP contribution >= 0.6 is 0 Å². The molecule has 0 unspecified atom stereocenters. The number of rotatable bonds is 7. The molecule has 8 rings (SSSR count). The van der Waals surface area contributed by atoms with E-state index in [0.29, 0.717) is 6.67 Å². The molecule has 0 spiro atoms. The van der Waals surface area contributed by atoms with Crippen LogP contribution in [-0.4, -0.2) is 16.2 Å². The highest BCUT2D eigenvalue weighted by Gasteiger charge is 2.34. The largest absolute Gasteiger partial charge is 0.457 e. The SMILES string of the molecule is CC(C)(C)C1=CN(c2cc(C(C)(C)C)cc(C(C)(C)C)c2)CN1c1cc(Oc2ccc3c4ccccc4n(-c4cc(C(C)(C)c5ccccc5)ccn4)c3c2)cc(C(C)(C)C)c1. The fourth-order valence-electron chi connectivity index (χ4n) is 8.68. The highest BCUT2D eigenvalue weighted by molar-refractivity contribution is 6.09. The molecular weight excluding hydrogens is 757 g/mol. The number of fused-ring (bicyclic) bond motifs is 3. The normalized spacial score (nSPS) is 14.3. The maximum atomic E-state index is 6.99. The Balaban J connectivity index is 1.21. The Morgan fingerprint density at radius 2 is 1.06 bits per heavy atom. The molecule has 62 heavy (non-hydrogen) atoms. The summed E-state index contributed by atoms with van der Waals surface area (Å²) in [6, 6.07) is 44.2. The number of pyridine rings is 1. The third kappa shape index (κ3) is 8.27. The van der Waals surface area contributed by atoms with E-state index in [1.807, 2.05) is 6.20 Å². The second-order valence-electron chi connectivity index (χ2n) is 22.1. The first-order chi connectivity index (χ1) is 29.0. The predicted octanol–water partition coefficient (Wildman–Crippen LogP) is 15.4. The molecule has 0 saturated heterocycles. The van der Waals surface area contributed by atoms with Crippen LogP contribution in [0.2, 0.25) is 0 Å². The Kier molecular flexibility index (Phi) is 10.5. The van der Waals surface area contributed by atoms with Crippen LogP contribution in [0.1, 0.15) is 125 Å². The van der Waals surface area contributed by atoms with Gasteiger partial charge in [-0.05, 0) is 98.7 Å². The minimum Gasteiger partial charge on any atom is -0.457 e. The molecule has 1 aliphatic heterocycles. The standard InChI is InChI=1S/C57H66N4O/c1-53(2,3)40-28-41(54(4,5)6)30-43(29-40)59-36-51(56(10,11)12)60(37-59)44-31-42(55(7,8)9)32-46(34-44)62-45-24-25-48-47-22-18-19-23-49(47)61(50(48)35-45)52-33-39(26-27-58-52)57(13,14)38-20-16-15-17-21-38/h15-36H,37H2,1-14H3. The van der Waals surface area contributed by atoms with Crippen LogP contribution in [-0.2, 0) is 21.7 Å². The fourth-order valence-corrected chi connectivity index (χ4v) is 8.68. The van der Waals surface area contributed by atoms with Gasteiger partial charge in [-0.1, -0.05) is 152 Å². The van der Waals surface area contributed by atoms with E-state index >= 15 is 0 Å². The molecule has 0 atom stereocenters. The van der Waals surface area contributed by atoms with E-state index in [0.717, 1.165) is 39.4 Å². The summed E-state index contributed by atoms with van der Waals surface area (Å²) >= 11 is 0. The van der Waals surface area contributed by atoms with Gasteiger partial charge in [0.05, 0.1) is 17.7 Å². The molecule has 5 aromatic carbocycles. The number of hydrogen-bond acceptors (Lipinski definition) is 4. The van der Waals surface area contributed by atoms with Crippen molar-refractivity contribution in [2.75, 3.05) is 16.5 Å². The first-order valence-corrected chi connectivity index (χ1v) is 22.3. The zero-order valence-electron chi connectivity index (χ0n) is 39.6. The second kappa shape index (κ2) is 15.2. The van der Waals surface area contributed by atoms with Gasteiger partial charge in [0.2, 0.25) is 0 Å². The predicted molar refractivity (Wildman–Crippen MR) is 264 cm³/mol. The van der Waals surface area contributed by atoms with Gasteiger partial charge in [0.25, 0.3) is 0 Å². The van der Waals surface area contributed by atoms with E-state index in [4.69, 9.17) is 9.72 Å². The summed E-state index contributed by atoms with van der Waals surface area (Å²) in [4.78, 5) is 9.91. The van der Waals surface area contributed by atoms with Crippen molar-refractivity contribution < 1.29 is 4.74 Å². The molecule has 320 valence electrons. The number of benzene rings is 5. The van der Waals surface area contributed by atoms with Crippen LogP contribution in [0.15, 0.2) is 139 Å². The number of anilines is 2. The monoisotopic (exact) mass is 823 g/mol. The molecule has 0 radical (unpaired) electrons. The molecule has 0 bridgehead atoms. The Hall–Kier alpha value is -5.81. The van der Waals surface area contributed by atoms with Gasteiger partial charge in [0.15, 0.2) is 0 Å². The number of ether oxygens (including phenoxy) is 1. The summed E-state index contributed by atoms with van der Waals surface area (Å²) in [6.45, 7) is 32.9. The van der Waals surface area contributed by atoms with E-state index in [-0.39, 0.29) is 27.1 Å². The van der Waals surface area contributed by atoms with Crippen LogP contribution in [0.4, 0.5) is 11.4 Å². The smallest absolute Gasteiger partial charge is 0.137 e. The van der Waals surface area contributed by atoms with Gasteiger partial charge < -0.3 is 14.5 Å². The molecule has 0 fully saturated rings. The van der Waals surface area contributed by atoms with Gasteiger partial charge in [-0.3, -0.25) is 4.57 Å². The molecule has 0 N–H and O–H groups in total. The minimum atomic E-state index is -0.206. The van der Waals surface area contributed by atoms with Crippen LogP contribution in [0.3, 0.4) is 0 Å². The highest BCUT2D eigenvalue weighted by Crippen LogP contribution is 2.44. The summed E-state index contributed by atoms with van der Waals surface area (Å²) in [5.41, 5.74) is 11.8. The first-order valence-electron chi connectivity index (χ1n) is 22.3. The zero-order valence-corrected chi connectivity index (χ0v) is 39.6. The van der Waals surface area contributed by atoms with Crippen molar-refractivity contribution in [2.24, 2.45) is 5.41 Å². The summed E-state index contributed by atoms with van der Waals surface area (Å²) in [6.07, 6.45) is 4.32. The molecule has 5 heteroatoms. The van der Waals surface area contributed by atoms with Crippen molar-refractivity contribution in [2.45, 2.75) is 119 Å². The Morgan fingerprint density at radius 1 is 0.468 bits per heavy atom. The lowest BCUT2D eigenvalue weighted by atomic mass is 9.78. The van der Waals surface area contributed by atoms with Gasteiger partial charge in [-0.15, -0.1) is 0 Å². The second-order valence-corrected chi connectivity index (χ2v) is 22.1. The third-order valence-electron chi connectivity index (χ3n) is 12.8. The van der Waals surface area contributed by atoms with Crippen molar-refractivity contribution in [1.29, 1.82) is 0 Å². The van der Waals surface area contributed by atoms with Crippen molar-refractivity contribution >= 4 is 33.2 Å². The number of para-hydroxylation sites is 1. The maximum absolute atomic E-state index is 6.99. The molecule has 0 aliphatic carbocycles. The first kappa shape index (κ1) is 42.9. The molecule has 0 saturated carbocycles. The van der Waals surface area contributed by atoms with E-state index < -0.39 is 0 Å². The molecule has 2 aromatic heterocycles. The average molecular weight is 823 g/mol. The highest BCUT2D eigenvalue weighted by atomic mass is 16.5. The van der Waals surface area contributed by atoms with E-state index in [2.05, 4.69) is 239 Å². The van der Waals surface area contributed by atoms with Gasteiger partial charge in [-0.2, -0.15) is 0 Å². The molecule has 3 heterocycles. The molecule has 7 aromatic rings. The van der Waals surface area contributed by atoms with Crippen LogP contribution in [0.25, 0.3) is 27.6 Å². The molecular formula is C57H66N4O. The number of aromatic nitrogens is 2. The van der Waals surface area contributed by atoms with E-state index in [1.54, 1.807) is 0 Å². The Labute approximate surface area is 371 Å². The van der Waals surface area contributed by atoms with Crippen molar-refractivity contribution in [3.05, 3.63) is 167 Å². The summed E-state index contributed by atoms with van der Waals surface area (Å²) in [5.74, 6) is 2.48. The van der Waals surface area contributed by atoms with E-state index in [1.165, 1.54) is 44.6 Å². The summed E-state index contributed by atoms with van der Waals surface area (Å²) in [7, 11) is 0. The molecule has 1 aliphatic rings. The van der Waals surface area contributed by atoms with Gasteiger partial charge >= 0.3 is 0 Å². The number of allylic oxidation sites excluding steroid dienone is 1. The summed E-state index contributed by atoms with van der Waals surface area (Å²) in [5, 5.41) is 2.34. The maximum Gasteiger partial charge on any atom is 0.137 e. The van der Waals surface area contributed by atoms with Crippen LogP contribution in [0, 0.1) is 5.41 Å². The van der Waals surface area contributed by atoms with Crippen molar-refractivity contribution in [1.82, 2.24) is 9.55 Å². The van der Waals surface area contributed by atoms with E-state index in [9.17, 15) is 0 Å². The van der Waals surface area contributed by atoms with Crippen molar-refractivity contribution in [3.8, 4) is 17.3 Å². The molecule has 5 nitrogen and oxygen atoms in total. The van der Waals surface area contributed by atoms with Gasteiger partial charge in [-0.25, -0.2) is 4.98 Å². The Bertz CT molecular complexity index is 2780. The topological polar surface area (TPSA) is 33.5 Å². The lowest BCUT2D eigenvalue weighted by Crippen LogP contribution is -2.31. The van der Waals surface area contributed by atoms with Crippen molar-refractivity contribution in [3.63, 3.8) is 0 Å². The number of hydrogen-bond donors (Lipinski definition) is 0. The number of nitrogens with zero attached hydrogens (tertiary/aromatic N) is 4. The van der Waals surface area contributed by atoms with Gasteiger partial charge in [0, 0.05) is 63.2 Å². The zero-order chi connectivity index (χ0) is 44.6. The lowest BCUT2D eigenvalue weighted by Gasteiger charge is -2.32. The van der Waals surface area contributed by atoms with Crippen LogP contribution < -0.4 is 14.5 Å². The fraction of sp³-hybridized carbons (Fsp3) is 0.351. The minimum absolute atomic E-state index is 0.0243. The lowest BCUT2D eigenvalue weighted by molar-refractivity contribution is 0.477. The van der Waals surface area contributed by atoms with Crippen LogP contribution in [0.5, 0.6) is 11.5 Å². The quantitative estimate of drug-likeness (QED) is 0.160. The summed E-state index contributed by atoms with van der Waals surface area (Å²) < 4.78 is 9.28. The molecule has 0 amide bonds. The van der Waals surface area contributed by atoms with Gasteiger partial charge in [0.1, 0.15) is 17.3 Å². The Morgan fingerprint density at radius 3 is 1.71 bits per heavy atom. The third-order valence-corrected chi connectivity index (χ3v) is 12.8. The average Bonchev–Trinajstić information content (AvgIpc) is 3.81.